The Labute approximate surface area is 104 Å². The van der Waals surface area contributed by atoms with Crippen molar-refractivity contribution < 1.29 is 23.1 Å². The standard InChI is InChI=1S/C10H7F3N2O2S/c11-10(12,13)18-8-2-5(3-14)7(9(16)17)1-6(8)4-15/h1-2H,4,15H2,(H,16,17). The maximum absolute atomic E-state index is 12.3. The van der Waals surface area contributed by atoms with Crippen molar-refractivity contribution in [3.63, 3.8) is 0 Å². The monoisotopic (exact) mass is 276 g/mol. The molecule has 0 aliphatic rings. The maximum Gasteiger partial charge on any atom is 0.446 e. The number of carboxylic acids is 1. The van der Waals surface area contributed by atoms with Crippen LogP contribution in [0.25, 0.3) is 0 Å². The first kappa shape index (κ1) is 14.3. The molecule has 0 saturated heterocycles. The van der Waals surface area contributed by atoms with Crippen LogP contribution in [0.5, 0.6) is 0 Å². The van der Waals surface area contributed by atoms with E-state index in [-0.39, 0.29) is 28.1 Å². The molecule has 0 unspecified atom stereocenters. The topological polar surface area (TPSA) is 87.1 Å². The Morgan fingerprint density at radius 3 is 2.50 bits per heavy atom. The summed E-state index contributed by atoms with van der Waals surface area (Å²) in [6.07, 6.45) is 0. The van der Waals surface area contributed by atoms with Gasteiger partial charge in [-0.2, -0.15) is 18.4 Å². The van der Waals surface area contributed by atoms with Crippen LogP contribution in [0.2, 0.25) is 0 Å². The third kappa shape index (κ3) is 3.38. The van der Waals surface area contributed by atoms with Crippen molar-refractivity contribution in [2.45, 2.75) is 16.9 Å². The number of nitriles is 1. The Kier molecular flexibility index (Phi) is 4.21. The smallest absolute Gasteiger partial charge is 0.446 e. The van der Waals surface area contributed by atoms with Crippen LogP contribution >= 0.6 is 11.8 Å². The van der Waals surface area contributed by atoms with Crippen molar-refractivity contribution in [1.82, 2.24) is 0 Å². The van der Waals surface area contributed by atoms with Gasteiger partial charge in [0.25, 0.3) is 0 Å². The third-order valence-corrected chi connectivity index (χ3v) is 2.83. The van der Waals surface area contributed by atoms with E-state index in [9.17, 15) is 18.0 Å². The lowest BCUT2D eigenvalue weighted by Crippen LogP contribution is -2.08. The molecule has 0 fully saturated rings. The summed E-state index contributed by atoms with van der Waals surface area (Å²) in [7, 11) is 0. The number of alkyl halides is 3. The second-order valence-electron chi connectivity index (χ2n) is 3.17. The normalized spacial score (nSPS) is 11.1. The van der Waals surface area contributed by atoms with Gasteiger partial charge in [-0.15, -0.1) is 0 Å². The molecule has 1 rings (SSSR count). The highest BCUT2D eigenvalue weighted by atomic mass is 32.2. The van der Waals surface area contributed by atoms with Gasteiger partial charge < -0.3 is 10.8 Å². The molecule has 18 heavy (non-hydrogen) atoms. The summed E-state index contributed by atoms with van der Waals surface area (Å²) in [5.74, 6) is -1.38. The molecular formula is C10H7F3N2O2S. The first-order valence-electron chi connectivity index (χ1n) is 4.54. The van der Waals surface area contributed by atoms with Crippen molar-refractivity contribution >= 4 is 17.7 Å². The number of aromatic carboxylic acids is 1. The van der Waals surface area contributed by atoms with Gasteiger partial charge in [0.15, 0.2) is 0 Å². The third-order valence-electron chi connectivity index (χ3n) is 2.00. The average Bonchev–Trinajstić information content (AvgIpc) is 2.25. The van der Waals surface area contributed by atoms with Gasteiger partial charge in [0, 0.05) is 11.4 Å². The number of benzene rings is 1. The van der Waals surface area contributed by atoms with E-state index < -0.39 is 23.2 Å². The molecule has 3 N–H and O–H groups in total. The lowest BCUT2D eigenvalue weighted by atomic mass is 10.0. The quantitative estimate of drug-likeness (QED) is 0.827. The molecular weight excluding hydrogens is 269 g/mol. The summed E-state index contributed by atoms with van der Waals surface area (Å²) in [4.78, 5) is 10.6. The second kappa shape index (κ2) is 5.29. The average molecular weight is 276 g/mol. The molecule has 0 atom stereocenters. The van der Waals surface area contributed by atoms with E-state index in [4.69, 9.17) is 16.1 Å². The van der Waals surface area contributed by atoms with Crippen LogP contribution in [0, 0.1) is 11.3 Å². The van der Waals surface area contributed by atoms with Crippen molar-refractivity contribution in [2.24, 2.45) is 5.73 Å². The fourth-order valence-electron chi connectivity index (χ4n) is 1.27. The lowest BCUT2D eigenvalue weighted by Gasteiger charge is -2.11. The van der Waals surface area contributed by atoms with Gasteiger partial charge in [-0.05, 0) is 29.5 Å². The summed E-state index contributed by atoms with van der Waals surface area (Å²) in [6.45, 7) is -0.246. The number of nitrogens with zero attached hydrogens (tertiary/aromatic N) is 1. The Bertz CT molecular complexity index is 523. The van der Waals surface area contributed by atoms with Crippen molar-refractivity contribution in [1.29, 1.82) is 5.26 Å². The van der Waals surface area contributed by atoms with E-state index >= 15 is 0 Å². The summed E-state index contributed by atoms with van der Waals surface area (Å²) in [5.41, 5.74) is 0.0987. The second-order valence-corrected chi connectivity index (χ2v) is 4.28. The summed E-state index contributed by atoms with van der Waals surface area (Å²) >= 11 is -0.422. The minimum Gasteiger partial charge on any atom is -0.478 e. The van der Waals surface area contributed by atoms with Gasteiger partial charge in [0.1, 0.15) is 6.07 Å². The largest absolute Gasteiger partial charge is 0.478 e. The fraction of sp³-hybridized carbons (Fsp3) is 0.200. The van der Waals surface area contributed by atoms with Gasteiger partial charge in [-0.1, -0.05) is 0 Å². The van der Waals surface area contributed by atoms with E-state index in [0.717, 1.165) is 12.1 Å². The van der Waals surface area contributed by atoms with Crippen LogP contribution in [0.15, 0.2) is 17.0 Å². The van der Waals surface area contributed by atoms with Crippen LogP contribution in [-0.2, 0) is 6.54 Å². The maximum atomic E-state index is 12.3. The predicted octanol–water partition coefficient (Wildman–Crippen LogP) is 2.33. The molecule has 4 nitrogen and oxygen atoms in total. The molecule has 1 aromatic carbocycles. The van der Waals surface area contributed by atoms with E-state index in [1.54, 1.807) is 6.07 Å². The minimum atomic E-state index is -4.53. The van der Waals surface area contributed by atoms with Crippen LogP contribution in [0.1, 0.15) is 21.5 Å². The molecule has 0 radical (unpaired) electrons. The zero-order valence-electron chi connectivity index (χ0n) is 8.78. The number of carboxylic acid groups (broad SMARTS) is 1. The SMILES string of the molecule is N#Cc1cc(SC(F)(F)F)c(CN)cc1C(=O)O. The number of hydrogen-bond acceptors (Lipinski definition) is 4. The Morgan fingerprint density at radius 2 is 2.11 bits per heavy atom. The first-order chi connectivity index (χ1) is 8.28. The molecule has 96 valence electrons. The summed E-state index contributed by atoms with van der Waals surface area (Å²) < 4.78 is 36.8. The molecule has 0 bridgehead atoms. The zero-order chi connectivity index (χ0) is 13.9. The molecule has 1 aromatic rings. The Balaban J connectivity index is 3.36. The number of nitrogens with two attached hydrogens (primary N) is 1. The van der Waals surface area contributed by atoms with Crippen LogP contribution in [-0.4, -0.2) is 16.6 Å². The number of carbonyl (C=O) groups is 1. The highest BCUT2D eigenvalue weighted by Gasteiger charge is 2.31. The van der Waals surface area contributed by atoms with E-state index in [0.29, 0.717) is 0 Å². The van der Waals surface area contributed by atoms with Gasteiger partial charge in [0.2, 0.25) is 0 Å². The molecule has 0 aliphatic carbocycles. The molecule has 0 heterocycles. The summed E-state index contributed by atoms with van der Waals surface area (Å²) in [6, 6.07) is 3.44. The van der Waals surface area contributed by atoms with Gasteiger partial charge >= 0.3 is 11.5 Å². The highest BCUT2D eigenvalue weighted by molar-refractivity contribution is 8.00. The highest BCUT2D eigenvalue weighted by Crippen LogP contribution is 2.39. The van der Waals surface area contributed by atoms with E-state index in [1.165, 1.54) is 0 Å². The van der Waals surface area contributed by atoms with Gasteiger partial charge in [0.05, 0.1) is 11.1 Å². The fourth-order valence-corrected chi connectivity index (χ4v) is 1.97. The number of hydrogen-bond donors (Lipinski definition) is 2. The van der Waals surface area contributed by atoms with E-state index in [1.807, 2.05) is 0 Å². The van der Waals surface area contributed by atoms with Crippen LogP contribution in [0.3, 0.4) is 0 Å². The van der Waals surface area contributed by atoms with Crippen molar-refractivity contribution in [3.8, 4) is 6.07 Å². The van der Waals surface area contributed by atoms with Gasteiger partial charge in [-0.25, -0.2) is 4.79 Å². The molecule has 0 aromatic heterocycles. The lowest BCUT2D eigenvalue weighted by molar-refractivity contribution is -0.0328. The molecule has 0 saturated carbocycles. The number of halogens is 3. The minimum absolute atomic E-state index is 0.0359. The first-order valence-corrected chi connectivity index (χ1v) is 5.36. The van der Waals surface area contributed by atoms with Crippen molar-refractivity contribution in [3.05, 3.63) is 28.8 Å². The Morgan fingerprint density at radius 1 is 1.50 bits per heavy atom. The number of rotatable bonds is 3. The van der Waals surface area contributed by atoms with E-state index in [2.05, 4.69) is 0 Å². The van der Waals surface area contributed by atoms with Crippen LogP contribution in [0.4, 0.5) is 13.2 Å². The molecule has 0 aliphatic heterocycles. The zero-order valence-corrected chi connectivity index (χ0v) is 9.60. The van der Waals surface area contributed by atoms with Crippen LogP contribution < -0.4 is 5.73 Å². The number of thioether (sulfide) groups is 1. The van der Waals surface area contributed by atoms with Crippen molar-refractivity contribution in [2.75, 3.05) is 0 Å². The molecule has 0 amide bonds. The Hall–Kier alpha value is -1.72. The molecule has 8 heteroatoms. The van der Waals surface area contributed by atoms with Gasteiger partial charge in [-0.3, -0.25) is 0 Å². The predicted molar refractivity (Wildman–Crippen MR) is 57.9 cm³/mol. The molecule has 0 spiro atoms. The summed E-state index contributed by atoms with van der Waals surface area (Å²) in [5, 5.41) is 17.5.